The van der Waals surface area contributed by atoms with Gasteiger partial charge in [0.15, 0.2) is 0 Å². The summed E-state index contributed by atoms with van der Waals surface area (Å²) in [6.45, 7) is 0. The van der Waals surface area contributed by atoms with E-state index in [2.05, 4.69) is 33.0 Å². The molecular weight excluding hydrogens is 329 g/mol. The Morgan fingerprint density at radius 1 is 1.41 bits per heavy atom. The summed E-state index contributed by atoms with van der Waals surface area (Å²) in [6.07, 6.45) is 3.78. The number of rotatable bonds is 3. The highest BCUT2D eigenvalue weighted by molar-refractivity contribution is 14.1. The molecule has 0 saturated carbocycles. The van der Waals surface area contributed by atoms with Crippen LogP contribution in [0.4, 0.5) is 5.69 Å². The molecule has 0 fully saturated rings. The van der Waals surface area contributed by atoms with Crippen molar-refractivity contribution < 1.29 is 4.79 Å². The second kappa shape index (κ2) is 5.31. The number of anilines is 1. The predicted octanol–water partition coefficient (Wildman–Crippen LogP) is 2.21. The van der Waals surface area contributed by atoms with Gasteiger partial charge in [0.2, 0.25) is 5.91 Å². The summed E-state index contributed by atoms with van der Waals surface area (Å²) >= 11 is 2.24. The topological polar surface area (TPSA) is 46.9 Å². The predicted molar refractivity (Wildman–Crippen MR) is 74.7 cm³/mol. The molecule has 0 bridgehead atoms. The Balaban J connectivity index is 1.95. The number of amides is 1. The summed E-state index contributed by atoms with van der Waals surface area (Å²) in [5, 5.41) is 6.79. The van der Waals surface area contributed by atoms with Crippen molar-refractivity contribution in [3.05, 3.63) is 45.8 Å². The van der Waals surface area contributed by atoms with Gasteiger partial charge in [0, 0.05) is 16.8 Å². The van der Waals surface area contributed by atoms with Crippen molar-refractivity contribution in [2.75, 3.05) is 5.32 Å². The number of hydrogen-bond acceptors (Lipinski definition) is 2. The molecule has 1 heterocycles. The number of nitrogens with zero attached hydrogens (tertiary/aromatic N) is 2. The monoisotopic (exact) mass is 341 g/mol. The summed E-state index contributed by atoms with van der Waals surface area (Å²) in [4.78, 5) is 11.7. The van der Waals surface area contributed by atoms with E-state index in [0.717, 1.165) is 11.3 Å². The molecule has 5 heteroatoms. The van der Waals surface area contributed by atoms with Crippen LogP contribution in [-0.2, 0) is 18.3 Å². The Labute approximate surface area is 113 Å². The van der Waals surface area contributed by atoms with Crippen molar-refractivity contribution in [1.82, 2.24) is 9.78 Å². The summed E-state index contributed by atoms with van der Waals surface area (Å²) in [5.41, 5.74) is 1.73. The van der Waals surface area contributed by atoms with Crippen molar-refractivity contribution in [1.29, 1.82) is 0 Å². The SMILES string of the molecule is Cn1cc(NC(=O)Cc2ccc(I)cc2)cn1. The van der Waals surface area contributed by atoms with E-state index < -0.39 is 0 Å². The average Bonchev–Trinajstić information content (AvgIpc) is 2.67. The molecule has 1 N–H and O–H groups in total. The van der Waals surface area contributed by atoms with Crippen molar-refractivity contribution in [3.8, 4) is 0 Å². The van der Waals surface area contributed by atoms with Crippen LogP contribution in [0.25, 0.3) is 0 Å². The molecule has 88 valence electrons. The Bertz CT molecular complexity index is 519. The summed E-state index contributed by atoms with van der Waals surface area (Å²) < 4.78 is 2.82. The van der Waals surface area contributed by atoms with E-state index in [-0.39, 0.29) is 5.91 Å². The van der Waals surface area contributed by atoms with Crippen LogP contribution in [0.5, 0.6) is 0 Å². The van der Waals surface area contributed by atoms with Crippen molar-refractivity contribution >= 4 is 34.2 Å². The number of aryl methyl sites for hydroxylation is 1. The number of aromatic nitrogens is 2. The van der Waals surface area contributed by atoms with Gasteiger partial charge in [-0.1, -0.05) is 12.1 Å². The molecule has 2 rings (SSSR count). The lowest BCUT2D eigenvalue weighted by atomic mass is 10.1. The van der Waals surface area contributed by atoms with E-state index in [1.807, 2.05) is 31.3 Å². The lowest BCUT2D eigenvalue weighted by molar-refractivity contribution is -0.115. The van der Waals surface area contributed by atoms with E-state index in [1.165, 1.54) is 3.57 Å². The van der Waals surface area contributed by atoms with Gasteiger partial charge in [0.25, 0.3) is 0 Å². The highest BCUT2D eigenvalue weighted by Crippen LogP contribution is 2.09. The van der Waals surface area contributed by atoms with Crippen LogP contribution in [-0.4, -0.2) is 15.7 Å². The first-order valence-corrected chi connectivity index (χ1v) is 6.24. The van der Waals surface area contributed by atoms with E-state index in [1.54, 1.807) is 17.1 Å². The van der Waals surface area contributed by atoms with Crippen LogP contribution >= 0.6 is 22.6 Å². The fourth-order valence-corrected chi connectivity index (χ4v) is 1.84. The molecule has 2 aromatic rings. The number of hydrogen-bond donors (Lipinski definition) is 1. The van der Waals surface area contributed by atoms with Gasteiger partial charge in [-0.3, -0.25) is 9.48 Å². The molecule has 1 amide bonds. The summed E-state index contributed by atoms with van der Waals surface area (Å²) in [5.74, 6) is -0.0285. The van der Waals surface area contributed by atoms with Gasteiger partial charge in [0.1, 0.15) is 0 Å². The van der Waals surface area contributed by atoms with Crippen LogP contribution < -0.4 is 5.32 Å². The molecule has 0 radical (unpaired) electrons. The third kappa shape index (κ3) is 3.55. The van der Waals surface area contributed by atoms with Gasteiger partial charge >= 0.3 is 0 Å². The largest absolute Gasteiger partial charge is 0.323 e. The maximum atomic E-state index is 11.7. The van der Waals surface area contributed by atoms with E-state index in [4.69, 9.17) is 0 Å². The molecule has 17 heavy (non-hydrogen) atoms. The minimum absolute atomic E-state index is 0.0285. The van der Waals surface area contributed by atoms with Crippen LogP contribution in [0.1, 0.15) is 5.56 Å². The van der Waals surface area contributed by atoms with Gasteiger partial charge in [-0.2, -0.15) is 5.10 Å². The first kappa shape index (κ1) is 12.1. The molecule has 4 nitrogen and oxygen atoms in total. The molecule has 0 spiro atoms. The third-order valence-corrected chi connectivity index (χ3v) is 2.99. The molecule has 1 aromatic heterocycles. The molecule has 1 aromatic carbocycles. The van der Waals surface area contributed by atoms with E-state index in [0.29, 0.717) is 6.42 Å². The lowest BCUT2D eigenvalue weighted by Crippen LogP contribution is -2.13. The quantitative estimate of drug-likeness (QED) is 0.871. The molecular formula is C12H12IN3O. The van der Waals surface area contributed by atoms with Gasteiger partial charge in [-0.05, 0) is 40.3 Å². The number of nitrogens with one attached hydrogen (secondary N) is 1. The maximum absolute atomic E-state index is 11.7. The summed E-state index contributed by atoms with van der Waals surface area (Å²) in [7, 11) is 1.81. The first-order valence-electron chi connectivity index (χ1n) is 5.16. The smallest absolute Gasteiger partial charge is 0.228 e. The van der Waals surface area contributed by atoms with E-state index >= 15 is 0 Å². The molecule has 0 aliphatic carbocycles. The molecule has 0 atom stereocenters. The minimum atomic E-state index is -0.0285. The van der Waals surface area contributed by atoms with Gasteiger partial charge < -0.3 is 5.32 Å². The molecule has 0 aliphatic rings. The van der Waals surface area contributed by atoms with Crippen LogP contribution in [0.2, 0.25) is 0 Å². The molecule has 0 aliphatic heterocycles. The third-order valence-electron chi connectivity index (χ3n) is 2.27. The Morgan fingerprint density at radius 3 is 2.71 bits per heavy atom. The van der Waals surface area contributed by atoms with Crippen molar-refractivity contribution in [3.63, 3.8) is 0 Å². The second-order valence-corrected chi connectivity index (χ2v) is 5.00. The van der Waals surface area contributed by atoms with Crippen molar-refractivity contribution in [2.24, 2.45) is 7.05 Å². The van der Waals surface area contributed by atoms with Crippen LogP contribution in [0.3, 0.4) is 0 Å². The normalized spacial score (nSPS) is 10.2. The zero-order chi connectivity index (χ0) is 12.3. The number of carbonyl (C=O) groups is 1. The number of carbonyl (C=O) groups excluding carboxylic acids is 1. The standard InChI is InChI=1S/C12H12IN3O/c1-16-8-11(7-14-16)15-12(17)6-9-2-4-10(13)5-3-9/h2-5,7-8H,6H2,1H3,(H,15,17). The maximum Gasteiger partial charge on any atom is 0.228 e. The lowest BCUT2D eigenvalue weighted by Gasteiger charge is -2.02. The highest BCUT2D eigenvalue weighted by atomic mass is 127. The minimum Gasteiger partial charge on any atom is -0.323 e. The van der Waals surface area contributed by atoms with Crippen LogP contribution in [0, 0.1) is 3.57 Å². The highest BCUT2D eigenvalue weighted by Gasteiger charge is 2.05. The van der Waals surface area contributed by atoms with Gasteiger partial charge in [0.05, 0.1) is 18.3 Å². The first-order chi connectivity index (χ1) is 8.13. The van der Waals surface area contributed by atoms with Gasteiger partial charge in [-0.25, -0.2) is 0 Å². The fourth-order valence-electron chi connectivity index (χ4n) is 1.48. The zero-order valence-corrected chi connectivity index (χ0v) is 11.5. The zero-order valence-electron chi connectivity index (χ0n) is 9.35. The average molecular weight is 341 g/mol. The number of halogens is 1. The Hall–Kier alpha value is -1.37. The number of benzene rings is 1. The molecule has 0 saturated heterocycles. The van der Waals surface area contributed by atoms with Crippen LogP contribution in [0.15, 0.2) is 36.7 Å². The fraction of sp³-hybridized carbons (Fsp3) is 0.167. The summed E-state index contributed by atoms with van der Waals surface area (Å²) in [6, 6.07) is 7.91. The Kier molecular flexibility index (Phi) is 3.78. The second-order valence-electron chi connectivity index (χ2n) is 3.75. The molecule has 0 unspecified atom stereocenters. The van der Waals surface area contributed by atoms with Gasteiger partial charge in [-0.15, -0.1) is 0 Å². The Morgan fingerprint density at radius 2 is 2.12 bits per heavy atom. The van der Waals surface area contributed by atoms with E-state index in [9.17, 15) is 4.79 Å². The van der Waals surface area contributed by atoms with Crippen molar-refractivity contribution in [2.45, 2.75) is 6.42 Å².